The van der Waals surface area contributed by atoms with Crippen molar-refractivity contribution in [3.8, 4) is 5.69 Å². The van der Waals surface area contributed by atoms with E-state index in [1.54, 1.807) is 52.8 Å². The summed E-state index contributed by atoms with van der Waals surface area (Å²) in [6.07, 6.45) is 6.90. The lowest BCUT2D eigenvalue weighted by Gasteiger charge is -2.07. The Bertz CT molecular complexity index is 1090. The highest BCUT2D eigenvalue weighted by atomic mass is 16.2. The average molecular weight is 406 g/mol. The summed E-state index contributed by atoms with van der Waals surface area (Å²) < 4.78 is 3.19. The van der Waals surface area contributed by atoms with Gasteiger partial charge in [-0.15, -0.1) is 5.10 Å². The first-order valence-electron chi connectivity index (χ1n) is 9.74. The summed E-state index contributed by atoms with van der Waals surface area (Å²) >= 11 is 0. The van der Waals surface area contributed by atoms with E-state index < -0.39 is 0 Å². The molecule has 1 aliphatic carbocycles. The number of hydrogen-bond donors (Lipinski definition) is 2. The predicted molar refractivity (Wildman–Crippen MR) is 110 cm³/mol. The van der Waals surface area contributed by atoms with Crippen molar-refractivity contribution in [3.05, 3.63) is 53.4 Å². The highest BCUT2D eigenvalue weighted by molar-refractivity contribution is 5.96. The van der Waals surface area contributed by atoms with Crippen molar-refractivity contribution in [1.82, 2.24) is 40.4 Å². The summed E-state index contributed by atoms with van der Waals surface area (Å²) in [6, 6.07) is 7.15. The number of aryl methyl sites for hydroxylation is 1. The minimum absolute atomic E-state index is 0.144. The van der Waals surface area contributed by atoms with E-state index in [9.17, 15) is 9.59 Å². The predicted octanol–water partition coefficient (Wildman–Crippen LogP) is 1.21. The van der Waals surface area contributed by atoms with E-state index in [1.165, 1.54) is 6.33 Å². The molecular formula is C20H22N8O2. The standard InChI is InChI=1S/C20H22N8O2/c1-3-21-19(29)13-4-8-15(9-5-13)28-16(10-11-17-22-12-23-27(17)2)18(25-26-28)20(30)24-14-6-7-14/h4-5,8-12,14H,3,6-7H2,1-2H3,(H,21,29)(H,24,30). The second kappa shape index (κ2) is 8.27. The molecule has 2 heterocycles. The summed E-state index contributed by atoms with van der Waals surface area (Å²) in [4.78, 5) is 28.8. The van der Waals surface area contributed by atoms with Crippen LogP contribution in [0.3, 0.4) is 0 Å². The molecule has 2 amide bonds. The SMILES string of the molecule is CCNC(=O)c1ccc(-n2nnc(C(=O)NC3CC3)c2C=Cc2ncnn2C)cc1. The average Bonchev–Trinajstić information content (AvgIpc) is 3.30. The molecule has 2 aromatic heterocycles. The third-order valence-corrected chi connectivity index (χ3v) is 4.68. The Balaban J connectivity index is 1.69. The van der Waals surface area contributed by atoms with Crippen LogP contribution in [-0.2, 0) is 7.05 Å². The lowest BCUT2D eigenvalue weighted by Crippen LogP contribution is -2.26. The first-order valence-corrected chi connectivity index (χ1v) is 9.74. The van der Waals surface area contributed by atoms with Gasteiger partial charge < -0.3 is 10.6 Å². The molecule has 30 heavy (non-hydrogen) atoms. The zero-order valence-electron chi connectivity index (χ0n) is 16.7. The van der Waals surface area contributed by atoms with Gasteiger partial charge in [0.25, 0.3) is 11.8 Å². The van der Waals surface area contributed by atoms with Gasteiger partial charge in [-0.2, -0.15) is 5.10 Å². The molecule has 0 bridgehead atoms. The van der Waals surface area contributed by atoms with Gasteiger partial charge in [0.05, 0.1) is 5.69 Å². The summed E-state index contributed by atoms with van der Waals surface area (Å²) in [6.45, 7) is 2.42. The highest BCUT2D eigenvalue weighted by Gasteiger charge is 2.27. The molecule has 1 saturated carbocycles. The number of benzene rings is 1. The number of aromatic nitrogens is 6. The van der Waals surface area contributed by atoms with Gasteiger partial charge in [0.1, 0.15) is 12.0 Å². The minimum Gasteiger partial charge on any atom is -0.352 e. The van der Waals surface area contributed by atoms with Crippen molar-refractivity contribution < 1.29 is 9.59 Å². The fraction of sp³-hybridized carbons (Fsp3) is 0.300. The van der Waals surface area contributed by atoms with Gasteiger partial charge in [0.2, 0.25) is 0 Å². The highest BCUT2D eigenvalue weighted by Crippen LogP contribution is 2.21. The lowest BCUT2D eigenvalue weighted by atomic mass is 10.2. The van der Waals surface area contributed by atoms with Crippen LogP contribution in [0.2, 0.25) is 0 Å². The summed E-state index contributed by atoms with van der Waals surface area (Å²) in [5.74, 6) is 0.220. The molecule has 0 unspecified atom stereocenters. The van der Waals surface area contributed by atoms with Crippen LogP contribution < -0.4 is 10.6 Å². The van der Waals surface area contributed by atoms with Crippen LogP contribution in [0.5, 0.6) is 0 Å². The molecule has 0 spiro atoms. The van der Waals surface area contributed by atoms with E-state index in [0.717, 1.165) is 12.8 Å². The zero-order chi connectivity index (χ0) is 21.1. The fourth-order valence-corrected chi connectivity index (χ4v) is 2.90. The third-order valence-electron chi connectivity index (χ3n) is 4.68. The number of carbonyl (C=O) groups excluding carboxylic acids is 2. The largest absolute Gasteiger partial charge is 0.352 e. The van der Waals surface area contributed by atoms with Gasteiger partial charge in [-0.1, -0.05) is 5.21 Å². The lowest BCUT2D eigenvalue weighted by molar-refractivity contribution is 0.0941. The van der Waals surface area contributed by atoms with Crippen LogP contribution in [0.15, 0.2) is 30.6 Å². The number of rotatable bonds is 7. The van der Waals surface area contributed by atoms with Crippen LogP contribution in [-0.4, -0.2) is 54.2 Å². The molecule has 0 saturated heterocycles. The second-order valence-corrected chi connectivity index (χ2v) is 6.96. The molecule has 10 nitrogen and oxygen atoms in total. The van der Waals surface area contributed by atoms with Crippen LogP contribution >= 0.6 is 0 Å². The third kappa shape index (κ3) is 4.12. The van der Waals surface area contributed by atoms with Crippen molar-refractivity contribution in [1.29, 1.82) is 0 Å². The van der Waals surface area contributed by atoms with Crippen LogP contribution in [0.4, 0.5) is 0 Å². The molecule has 4 rings (SSSR count). The summed E-state index contributed by atoms with van der Waals surface area (Å²) in [5.41, 5.74) is 1.97. The summed E-state index contributed by atoms with van der Waals surface area (Å²) in [5, 5.41) is 18.0. The van der Waals surface area contributed by atoms with Crippen molar-refractivity contribution in [2.24, 2.45) is 7.05 Å². The number of amides is 2. The van der Waals surface area contributed by atoms with Crippen LogP contribution in [0.1, 0.15) is 52.1 Å². The number of nitrogens with zero attached hydrogens (tertiary/aromatic N) is 6. The summed E-state index contributed by atoms with van der Waals surface area (Å²) in [7, 11) is 1.78. The Morgan fingerprint density at radius 2 is 1.93 bits per heavy atom. The van der Waals surface area contributed by atoms with Gasteiger partial charge in [0, 0.05) is 25.2 Å². The molecule has 1 fully saturated rings. The molecule has 10 heteroatoms. The fourth-order valence-electron chi connectivity index (χ4n) is 2.90. The van der Waals surface area contributed by atoms with Gasteiger partial charge >= 0.3 is 0 Å². The molecule has 0 atom stereocenters. The van der Waals surface area contributed by atoms with Crippen molar-refractivity contribution in [3.63, 3.8) is 0 Å². The van der Waals surface area contributed by atoms with Gasteiger partial charge in [-0.25, -0.2) is 14.3 Å². The number of carbonyl (C=O) groups is 2. The monoisotopic (exact) mass is 406 g/mol. The quantitative estimate of drug-likeness (QED) is 0.609. The molecule has 3 aromatic rings. The Kier molecular flexibility index (Phi) is 5.38. The molecular weight excluding hydrogens is 384 g/mol. The molecule has 0 radical (unpaired) electrons. The van der Waals surface area contributed by atoms with Gasteiger partial charge in [-0.05, 0) is 56.2 Å². The molecule has 2 N–H and O–H groups in total. The van der Waals surface area contributed by atoms with E-state index in [1.807, 2.05) is 6.92 Å². The Morgan fingerprint density at radius 1 is 1.17 bits per heavy atom. The van der Waals surface area contributed by atoms with E-state index >= 15 is 0 Å². The smallest absolute Gasteiger partial charge is 0.274 e. The van der Waals surface area contributed by atoms with E-state index in [-0.39, 0.29) is 23.6 Å². The molecule has 1 aliphatic rings. The number of nitrogens with one attached hydrogen (secondary N) is 2. The van der Waals surface area contributed by atoms with Crippen molar-refractivity contribution in [2.45, 2.75) is 25.8 Å². The molecule has 1 aromatic carbocycles. The minimum atomic E-state index is -0.264. The van der Waals surface area contributed by atoms with Gasteiger partial charge in [0.15, 0.2) is 11.5 Å². The van der Waals surface area contributed by atoms with E-state index in [0.29, 0.717) is 29.3 Å². The maximum Gasteiger partial charge on any atom is 0.274 e. The van der Waals surface area contributed by atoms with E-state index in [4.69, 9.17) is 0 Å². The van der Waals surface area contributed by atoms with Crippen molar-refractivity contribution in [2.75, 3.05) is 6.54 Å². The maximum atomic E-state index is 12.7. The zero-order valence-corrected chi connectivity index (χ0v) is 16.7. The Hall–Kier alpha value is -3.82. The Morgan fingerprint density at radius 3 is 2.57 bits per heavy atom. The Labute approximate surface area is 173 Å². The van der Waals surface area contributed by atoms with Crippen LogP contribution in [0.25, 0.3) is 17.8 Å². The molecule has 0 aliphatic heterocycles. The van der Waals surface area contributed by atoms with Crippen LogP contribution in [0, 0.1) is 0 Å². The van der Waals surface area contributed by atoms with Crippen molar-refractivity contribution >= 4 is 24.0 Å². The first-order chi connectivity index (χ1) is 14.6. The topological polar surface area (TPSA) is 120 Å². The van der Waals surface area contributed by atoms with Gasteiger partial charge in [-0.3, -0.25) is 9.59 Å². The first kappa shape index (κ1) is 19.5. The normalized spacial score (nSPS) is 13.5. The maximum absolute atomic E-state index is 12.7. The molecule has 154 valence electrons. The van der Waals surface area contributed by atoms with E-state index in [2.05, 4.69) is 31.0 Å². The second-order valence-electron chi connectivity index (χ2n) is 6.96. The number of hydrogen-bond acceptors (Lipinski definition) is 6.